The molecule has 0 aromatic heterocycles. The standard InChI is InChI=1S/C24H29N3O2/c28-22(25-16-6-9-19-7-2-1-3-8-19)24(14-15-24)23(29)26-20-10-12-21(13-11-20)27-17-4-5-18-27/h1-3,7-8,10-13H,4-6,9,14-18H2,(H,25,28)(H,26,29). The summed E-state index contributed by atoms with van der Waals surface area (Å²) in [7, 11) is 0. The smallest absolute Gasteiger partial charge is 0.240 e. The molecule has 5 heteroatoms. The predicted octanol–water partition coefficient (Wildman–Crippen LogP) is 3.75. The van der Waals surface area contributed by atoms with Gasteiger partial charge in [-0.25, -0.2) is 0 Å². The van der Waals surface area contributed by atoms with E-state index in [2.05, 4.69) is 27.7 Å². The second-order valence-corrected chi connectivity index (χ2v) is 8.12. The molecular weight excluding hydrogens is 362 g/mol. The molecule has 2 aromatic rings. The molecule has 1 saturated carbocycles. The van der Waals surface area contributed by atoms with E-state index in [9.17, 15) is 9.59 Å². The average Bonchev–Trinajstić information content (AvgIpc) is 3.40. The molecule has 5 nitrogen and oxygen atoms in total. The number of anilines is 2. The minimum atomic E-state index is -0.889. The average molecular weight is 392 g/mol. The lowest BCUT2D eigenvalue weighted by Gasteiger charge is -2.19. The van der Waals surface area contributed by atoms with Crippen LogP contribution in [0.5, 0.6) is 0 Å². The molecule has 0 spiro atoms. The van der Waals surface area contributed by atoms with Crippen LogP contribution < -0.4 is 15.5 Å². The largest absolute Gasteiger partial charge is 0.372 e. The first-order chi connectivity index (χ1) is 14.2. The van der Waals surface area contributed by atoms with Gasteiger partial charge in [0, 0.05) is 31.0 Å². The summed E-state index contributed by atoms with van der Waals surface area (Å²) in [5.74, 6) is -0.330. The maximum absolute atomic E-state index is 12.8. The van der Waals surface area contributed by atoms with Crippen LogP contribution in [-0.4, -0.2) is 31.4 Å². The predicted molar refractivity (Wildman–Crippen MR) is 116 cm³/mol. The van der Waals surface area contributed by atoms with Crippen molar-refractivity contribution in [3.63, 3.8) is 0 Å². The van der Waals surface area contributed by atoms with Crippen LogP contribution >= 0.6 is 0 Å². The van der Waals surface area contributed by atoms with E-state index in [-0.39, 0.29) is 11.8 Å². The molecule has 0 bridgehead atoms. The van der Waals surface area contributed by atoms with Crippen LogP contribution in [0.2, 0.25) is 0 Å². The fraction of sp³-hybridized carbons (Fsp3) is 0.417. The Bertz CT molecular complexity index is 838. The van der Waals surface area contributed by atoms with Crippen molar-refractivity contribution in [3.8, 4) is 0 Å². The highest BCUT2D eigenvalue weighted by atomic mass is 16.2. The number of hydrogen-bond acceptors (Lipinski definition) is 3. The third-order valence-corrected chi connectivity index (χ3v) is 5.99. The topological polar surface area (TPSA) is 61.4 Å². The molecule has 1 aliphatic heterocycles. The molecule has 2 N–H and O–H groups in total. The summed E-state index contributed by atoms with van der Waals surface area (Å²) in [6.45, 7) is 2.78. The molecule has 1 aliphatic carbocycles. The number of aryl methyl sites for hydroxylation is 1. The summed E-state index contributed by atoms with van der Waals surface area (Å²) in [5, 5.41) is 5.90. The number of nitrogens with one attached hydrogen (secondary N) is 2. The van der Waals surface area contributed by atoms with Gasteiger partial charge in [0.05, 0.1) is 0 Å². The van der Waals surface area contributed by atoms with Gasteiger partial charge in [0.2, 0.25) is 11.8 Å². The molecular formula is C24H29N3O2. The van der Waals surface area contributed by atoms with Gasteiger partial charge in [0.15, 0.2) is 0 Å². The van der Waals surface area contributed by atoms with Gasteiger partial charge in [-0.2, -0.15) is 0 Å². The minimum Gasteiger partial charge on any atom is -0.372 e. The van der Waals surface area contributed by atoms with Crippen molar-refractivity contribution in [2.75, 3.05) is 29.9 Å². The Morgan fingerprint density at radius 2 is 1.59 bits per heavy atom. The number of carbonyl (C=O) groups is 2. The van der Waals surface area contributed by atoms with Gasteiger partial charge in [0.25, 0.3) is 0 Å². The SMILES string of the molecule is O=C(NCCCc1ccccc1)C1(C(=O)Nc2ccc(N3CCCC3)cc2)CC1. The maximum Gasteiger partial charge on any atom is 0.240 e. The summed E-state index contributed by atoms with van der Waals surface area (Å²) in [6, 6.07) is 18.2. The lowest BCUT2D eigenvalue weighted by atomic mass is 10.0. The highest BCUT2D eigenvalue weighted by molar-refractivity contribution is 6.13. The van der Waals surface area contributed by atoms with Gasteiger partial charge in [-0.1, -0.05) is 30.3 Å². The second-order valence-electron chi connectivity index (χ2n) is 8.12. The van der Waals surface area contributed by atoms with Gasteiger partial charge in [-0.05, 0) is 68.4 Å². The lowest BCUT2D eigenvalue weighted by Crippen LogP contribution is -2.40. The molecule has 1 heterocycles. The Kier molecular flexibility index (Phi) is 5.84. The molecule has 2 aromatic carbocycles. The van der Waals surface area contributed by atoms with Crippen molar-refractivity contribution in [1.82, 2.24) is 5.32 Å². The number of hydrogen-bond donors (Lipinski definition) is 2. The molecule has 2 amide bonds. The van der Waals surface area contributed by atoms with Crippen LogP contribution in [0, 0.1) is 5.41 Å². The van der Waals surface area contributed by atoms with E-state index in [1.807, 2.05) is 42.5 Å². The van der Waals surface area contributed by atoms with Gasteiger partial charge in [-0.3, -0.25) is 9.59 Å². The fourth-order valence-electron chi connectivity index (χ4n) is 3.97. The van der Waals surface area contributed by atoms with Crippen LogP contribution in [0.4, 0.5) is 11.4 Å². The Hall–Kier alpha value is -2.82. The summed E-state index contributed by atoms with van der Waals surface area (Å²) in [5.41, 5.74) is 2.32. The van der Waals surface area contributed by atoms with E-state index in [0.717, 1.165) is 31.6 Å². The number of carbonyl (C=O) groups excluding carboxylic acids is 2. The Balaban J connectivity index is 1.25. The zero-order chi connectivity index (χ0) is 20.1. The van der Waals surface area contributed by atoms with Gasteiger partial charge < -0.3 is 15.5 Å². The second kappa shape index (κ2) is 8.68. The van der Waals surface area contributed by atoms with Crippen molar-refractivity contribution in [2.24, 2.45) is 5.41 Å². The van der Waals surface area contributed by atoms with Crippen LogP contribution in [-0.2, 0) is 16.0 Å². The molecule has 152 valence electrons. The van der Waals surface area contributed by atoms with E-state index in [4.69, 9.17) is 0 Å². The Morgan fingerprint density at radius 3 is 2.24 bits per heavy atom. The molecule has 1 saturated heterocycles. The van der Waals surface area contributed by atoms with E-state index >= 15 is 0 Å². The van der Waals surface area contributed by atoms with Crippen LogP contribution in [0.1, 0.15) is 37.7 Å². The van der Waals surface area contributed by atoms with Crippen molar-refractivity contribution < 1.29 is 9.59 Å². The van der Waals surface area contributed by atoms with Crippen LogP contribution in [0.25, 0.3) is 0 Å². The van der Waals surface area contributed by atoms with Crippen LogP contribution in [0.3, 0.4) is 0 Å². The zero-order valence-corrected chi connectivity index (χ0v) is 16.8. The first-order valence-corrected chi connectivity index (χ1v) is 10.7. The van der Waals surface area contributed by atoms with Gasteiger partial charge in [0.1, 0.15) is 5.41 Å². The Morgan fingerprint density at radius 1 is 0.897 bits per heavy atom. The monoisotopic (exact) mass is 391 g/mol. The van der Waals surface area contributed by atoms with Gasteiger partial charge >= 0.3 is 0 Å². The number of nitrogens with zero attached hydrogens (tertiary/aromatic N) is 1. The zero-order valence-electron chi connectivity index (χ0n) is 16.8. The summed E-state index contributed by atoms with van der Waals surface area (Å²) < 4.78 is 0. The fourth-order valence-corrected chi connectivity index (χ4v) is 3.97. The molecule has 2 aliphatic rings. The van der Waals surface area contributed by atoms with Crippen molar-refractivity contribution >= 4 is 23.2 Å². The minimum absolute atomic E-state index is 0.142. The number of rotatable bonds is 8. The molecule has 0 radical (unpaired) electrons. The molecule has 29 heavy (non-hydrogen) atoms. The number of benzene rings is 2. The quantitative estimate of drug-likeness (QED) is 0.532. The summed E-state index contributed by atoms with van der Waals surface area (Å²) in [4.78, 5) is 27.7. The summed E-state index contributed by atoms with van der Waals surface area (Å²) in [6.07, 6.45) is 5.50. The van der Waals surface area contributed by atoms with Gasteiger partial charge in [-0.15, -0.1) is 0 Å². The first kappa shape index (κ1) is 19.5. The van der Waals surface area contributed by atoms with Crippen molar-refractivity contribution in [2.45, 2.75) is 38.5 Å². The molecule has 0 atom stereocenters. The van der Waals surface area contributed by atoms with Crippen LogP contribution in [0.15, 0.2) is 54.6 Å². The Labute approximate surface area is 172 Å². The van der Waals surface area contributed by atoms with E-state index < -0.39 is 5.41 Å². The normalized spacial score (nSPS) is 17.0. The number of amides is 2. The third-order valence-electron chi connectivity index (χ3n) is 5.99. The lowest BCUT2D eigenvalue weighted by molar-refractivity contribution is -0.134. The molecule has 2 fully saturated rings. The van der Waals surface area contributed by atoms with Crippen molar-refractivity contribution in [3.05, 3.63) is 60.2 Å². The van der Waals surface area contributed by atoms with Crippen molar-refractivity contribution in [1.29, 1.82) is 0 Å². The maximum atomic E-state index is 12.8. The highest BCUT2D eigenvalue weighted by Gasteiger charge is 2.56. The molecule has 0 unspecified atom stereocenters. The van der Waals surface area contributed by atoms with E-state index in [1.165, 1.54) is 24.1 Å². The first-order valence-electron chi connectivity index (χ1n) is 10.7. The molecule has 4 rings (SSSR count). The highest BCUT2D eigenvalue weighted by Crippen LogP contribution is 2.46. The van der Waals surface area contributed by atoms with E-state index in [0.29, 0.717) is 19.4 Å². The summed E-state index contributed by atoms with van der Waals surface area (Å²) >= 11 is 0. The third kappa shape index (κ3) is 4.61. The van der Waals surface area contributed by atoms with E-state index in [1.54, 1.807) is 0 Å².